The maximum absolute atomic E-state index is 13.9. The minimum atomic E-state index is -2.67. The van der Waals surface area contributed by atoms with Crippen molar-refractivity contribution in [1.29, 1.82) is 0 Å². The lowest BCUT2D eigenvalue weighted by molar-refractivity contribution is -0.139. The lowest BCUT2D eigenvalue weighted by Crippen LogP contribution is -2.62. The Balaban J connectivity index is 1.29. The van der Waals surface area contributed by atoms with Crippen molar-refractivity contribution in [2.75, 3.05) is 32.8 Å². The third kappa shape index (κ3) is 3.91. The summed E-state index contributed by atoms with van der Waals surface area (Å²) in [6.07, 6.45) is 2.92. The zero-order valence-electron chi connectivity index (χ0n) is 16.2. The molecule has 7 heteroatoms. The maximum Gasteiger partial charge on any atom is 0.262 e. The van der Waals surface area contributed by atoms with Crippen LogP contribution in [0.25, 0.3) is 10.9 Å². The molecule has 152 valence electrons. The number of nitrogens with zero attached hydrogens (tertiary/aromatic N) is 2. The van der Waals surface area contributed by atoms with Crippen LogP contribution in [0, 0.1) is 0 Å². The number of rotatable bonds is 7. The molecular weight excluding hydrogens is 364 g/mol. The molecule has 2 aliphatic heterocycles. The zero-order chi connectivity index (χ0) is 19.7. The van der Waals surface area contributed by atoms with E-state index < -0.39 is 5.92 Å². The lowest BCUT2D eigenvalue weighted by Gasteiger charge is -2.46. The Hall–Kier alpha value is -1.99. The van der Waals surface area contributed by atoms with Gasteiger partial charge in [0.15, 0.2) is 0 Å². The maximum atomic E-state index is 13.9. The number of carbonyl (C=O) groups is 1. The number of para-hydroxylation sites is 1. The molecule has 2 aromatic rings. The topological polar surface area (TPSA) is 48.6 Å². The van der Waals surface area contributed by atoms with Gasteiger partial charge in [0.05, 0.1) is 13.2 Å². The summed E-state index contributed by atoms with van der Waals surface area (Å²) in [5, 5.41) is 1.15. The van der Waals surface area contributed by atoms with E-state index in [0.29, 0.717) is 39.1 Å². The van der Waals surface area contributed by atoms with Gasteiger partial charge in [0.25, 0.3) is 5.92 Å². The predicted molar refractivity (Wildman–Crippen MR) is 104 cm³/mol. The summed E-state index contributed by atoms with van der Waals surface area (Å²) in [5.74, 6) is -2.57. The number of hydrogen-bond donors (Lipinski definition) is 1. The largest absolute Gasteiger partial charge is 0.380 e. The van der Waals surface area contributed by atoms with E-state index >= 15 is 0 Å². The molecule has 0 radical (unpaired) electrons. The van der Waals surface area contributed by atoms with Crippen LogP contribution in [0.2, 0.25) is 0 Å². The molecule has 0 unspecified atom stereocenters. The Morgan fingerprint density at radius 1 is 1.32 bits per heavy atom. The molecule has 2 aliphatic rings. The van der Waals surface area contributed by atoms with E-state index in [-0.39, 0.29) is 31.0 Å². The number of halogens is 2. The standard InChI is InChI=1S/C21H27F2N3O2/c1-2-28-13-16-9-21(22,23)14-26(16)17-11-25(12-17)20(27)8-7-15-10-24-19-6-4-3-5-18(15)19/h3-6,10,16-17,24H,2,7-9,11-14H2,1H3/t16-/m0/s1. The van der Waals surface area contributed by atoms with Gasteiger partial charge >= 0.3 is 0 Å². The number of likely N-dealkylation sites (tertiary alicyclic amines) is 2. The molecule has 1 atom stereocenters. The average molecular weight is 391 g/mol. The third-order valence-corrected chi connectivity index (χ3v) is 5.90. The highest BCUT2D eigenvalue weighted by Crippen LogP contribution is 2.35. The van der Waals surface area contributed by atoms with E-state index in [4.69, 9.17) is 4.74 Å². The highest BCUT2D eigenvalue weighted by Gasteiger charge is 2.50. The van der Waals surface area contributed by atoms with Crippen LogP contribution < -0.4 is 0 Å². The van der Waals surface area contributed by atoms with E-state index in [2.05, 4.69) is 11.1 Å². The van der Waals surface area contributed by atoms with Gasteiger partial charge in [0, 0.05) is 61.7 Å². The Bertz CT molecular complexity index is 832. The van der Waals surface area contributed by atoms with Gasteiger partial charge in [-0.25, -0.2) is 8.78 Å². The molecule has 1 aromatic heterocycles. The van der Waals surface area contributed by atoms with E-state index in [0.717, 1.165) is 16.5 Å². The molecule has 0 bridgehead atoms. The number of fused-ring (bicyclic) bond motifs is 1. The summed E-state index contributed by atoms with van der Waals surface area (Å²) in [6, 6.07) is 7.79. The Labute approximate surface area is 163 Å². The number of alkyl halides is 2. The molecule has 28 heavy (non-hydrogen) atoms. The molecule has 0 aliphatic carbocycles. The van der Waals surface area contributed by atoms with Crippen LogP contribution >= 0.6 is 0 Å². The summed E-state index contributed by atoms with van der Waals surface area (Å²) in [7, 11) is 0. The number of ether oxygens (including phenoxy) is 1. The second-order valence-corrected chi connectivity index (χ2v) is 7.86. The minimum Gasteiger partial charge on any atom is -0.380 e. The van der Waals surface area contributed by atoms with Crippen LogP contribution in [-0.2, 0) is 16.0 Å². The second kappa shape index (κ2) is 7.79. The van der Waals surface area contributed by atoms with Gasteiger partial charge in [-0.2, -0.15) is 0 Å². The van der Waals surface area contributed by atoms with Crippen molar-refractivity contribution in [3.05, 3.63) is 36.0 Å². The number of aromatic amines is 1. The summed E-state index contributed by atoms with van der Waals surface area (Å²) in [5.41, 5.74) is 2.21. The number of benzene rings is 1. The molecule has 3 heterocycles. The summed E-state index contributed by atoms with van der Waals surface area (Å²) in [6.45, 7) is 3.56. The van der Waals surface area contributed by atoms with Crippen molar-refractivity contribution in [3.8, 4) is 0 Å². The van der Waals surface area contributed by atoms with Crippen molar-refractivity contribution in [1.82, 2.24) is 14.8 Å². The van der Waals surface area contributed by atoms with E-state index in [1.54, 1.807) is 4.90 Å². The molecule has 0 spiro atoms. The Morgan fingerprint density at radius 2 is 2.11 bits per heavy atom. The fourth-order valence-corrected chi connectivity index (χ4v) is 4.37. The van der Waals surface area contributed by atoms with E-state index in [1.807, 2.05) is 36.2 Å². The number of amides is 1. The first-order chi connectivity index (χ1) is 13.5. The molecule has 1 aromatic carbocycles. The Kier molecular flexibility index (Phi) is 5.38. The zero-order valence-corrected chi connectivity index (χ0v) is 16.2. The third-order valence-electron chi connectivity index (χ3n) is 5.90. The van der Waals surface area contributed by atoms with Crippen molar-refractivity contribution in [2.24, 2.45) is 0 Å². The van der Waals surface area contributed by atoms with Gasteiger partial charge < -0.3 is 14.6 Å². The van der Waals surface area contributed by atoms with Crippen LogP contribution in [-0.4, -0.2) is 71.5 Å². The van der Waals surface area contributed by atoms with E-state index in [9.17, 15) is 13.6 Å². The van der Waals surface area contributed by atoms with Crippen LogP contribution in [0.1, 0.15) is 25.3 Å². The molecular formula is C21H27F2N3O2. The number of aryl methyl sites for hydroxylation is 1. The highest BCUT2D eigenvalue weighted by atomic mass is 19.3. The van der Waals surface area contributed by atoms with Crippen molar-refractivity contribution in [3.63, 3.8) is 0 Å². The van der Waals surface area contributed by atoms with Crippen LogP contribution in [0.5, 0.6) is 0 Å². The number of aromatic nitrogens is 1. The molecule has 1 amide bonds. The molecule has 1 N–H and O–H groups in total. The van der Waals surface area contributed by atoms with Gasteiger partial charge in [0.1, 0.15) is 0 Å². The average Bonchev–Trinajstić information content (AvgIpc) is 3.17. The quantitative estimate of drug-likeness (QED) is 0.789. The molecule has 2 fully saturated rings. The predicted octanol–water partition coefficient (Wildman–Crippen LogP) is 3.06. The number of carbonyl (C=O) groups excluding carboxylic acids is 1. The summed E-state index contributed by atoms with van der Waals surface area (Å²) < 4.78 is 33.1. The molecule has 2 saturated heterocycles. The summed E-state index contributed by atoms with van der Waals surface area (Å²) >= 11 is 0. The van der Waals surface area contributed by atoms with Gasteiger partial charge in [-0.1, -0.05) is 18.2 Å². The first-order valence-electron chi connectivity index (χ1n) is 10.0. The smallest absolute Gasteiger partial charge is 0.262 e. The minimum absolute atomic E-state index is 0.0101. The lowest BCUT2D eigenvalue weighted by atomic mass is 10.0. The SMILES string of the molecule is CCOC[C@@H]1CC(F)(F)CN1C1CN(C(=O)CCc2c[nH]c3ccccc23)C1. The second-order valence-electron chi connectivity index (χ2n) is 7.86. The first kappa shape index (κ1) is 19.3. The summed E-state index contributed by atoms with van der Waals surface area (Å²) in [4.78, 5) is 19.4. The van der Waals surface area contributed by atoms with E-state index in [1.165, 1.54) is 0 Å². The Morgan fingerprint density at radius 3 is 2.89 bits per heavy atom. The van der Waals surface area contributed by atoms with Crippen LogP contribution in [0.15, 0.2) is 30.5 Å². The fourth-order valence-electron chi connectivity index (χ4n) is 4.37. The normalized spacial score (nSPS) is 22.7. The van der Waals surface area contributed by atoms with Gasteiger partial charge in [-0.3, -0.25) is 9.69 Å². The van der Waals surface area contributed by atoms with Crippen molar-refractivity contribution in [2.45, 2.75) is 44.2 Å². The monoisotopic (exact) mass is 391 g/mol. The van der Waals surface area contributed by atoms with Crippen molar-refractivity contribution < 1.29 is 18.3 Å². The van der Waals surface area contributed by atoms with Crippen LogP contribution in [0.4, 0.5) is 8.78 Å². The van der Waals surface area contributed by atoms with Gasteiger partial charge in [0.2, 0.25) is 5.91 Å². The fraction of sp³-hybridized carbons (Fsp3) is 0.571. The van der Waals surface area contributed by atoms with Crippen LogP contribution in [0.3, 0.4) is 0 Å². The number of H-pyrrole nitrogens is 1. The number of nitrogens with one attached hydrogen (secondary N) is 1. The molecule has 4 rings (SSSR count). The molecule has 0 saturated carbocycles. The van der Waals surface area contributed by atoms with Crippen molar-refractivity contribution >= 4 is 16.8 Å². The molecule has 5 nitrogen and oxygen atoms in total. The first-order valence-corrected chi connectivity index (χ1v) is 10.0. The number of hydrogen-bond acceptors (Lipinski definition) is 3. The van der Waals surface area contributed by atoms with Gasteiger partial charge in [-0.05, 0) is 25.0 Å². The van der Waals surface area contributed by atoms with Gasteiger partial charge in [-0.15, -0.1) is 0 Å². The highest BCUT2D eigenvalue weighted by molar-refractivity contribution is 5.84.